The minimum absolute atomic E-state index is 0.188. The maximum absolute atomic E-state index is 13.3. The highest BCUT2D eigenvalue weighted by Gasteiger charge is 2.46. The molecule has 2 atom stereocenters. The van der Waals surface area contributed by atoms with E-state index in [9.17, 15) is 13.2 Å². The number of alkyl halides is 1. The highest BCUT2D eigenvalue weighted by molar-refractivity contribution is 7.89. The van der Waals surface area contributed by atoms with Gasteiger partial charge in [0.05, 0.1) is 4.90 Å². The highest BCUT2D eigenvalue weighted by atomic mass is 35.5. The minimum Gasteiger partial charge on any atom is -0.317 e. The number of hydrogen-bond acceptors (Lipinski definition) is 3. The molecule has 0 N–H and O–H groups in total. The zero-order valence-corrected chi connectivity index (χ0v) is 16.2. The fourth-order valence-electron chi connectivity index (χ4n) is 3.31. The van der Waals surface area contributed by atoms with Gasteiger partial charge in [-0.1, -0.05) is 48.0 Å². The van der Waals surface area contributed by atoms with Gasteiger partial charge in [-0.15, -0.1) is 11.6 Å². The van der Waals surface area contributed by atoms with Gasteiger partial charge in [-0.3, -0.25) is 4.79 Å². The van der Waals surface area contributed by atoms with Gasteiger partial charge in [0, 0.05) is 12.6 Å². The van der Waals surface area contributed by atoms with E-state index in [0.29, 0.717) is 0 Å². The van der Waals surface area contributed by atoms with E-state index in [4.69, 9.17) is 11.6 Å². The quantitative estimate of drug-likeness (QED) is 0.751. The Hall–Kier alpha value is -1.89. The van der Waals surface area contributed by atoms with Crippen molar-refractivity contribution in [1.29, 1.82) is 0 Å². The first-order valence-electron chi connectivity index (χ1n) is 8.37. The molecule has 1 saturated heterocycles. The van der Waals surface area contributed by atoms with E-state index in [1.54, 1.807) is 29.2 Å². The molecule has 1 aliphatic heterocycles. The van der Waals surface area contributed by atoms with Crippen molar-refractivity contribution in [2.75, 3.05) is 12.4 Å². The van der Waals surface area contributed by atoms with Gasteiger partial charge < -0.3 is 4.90 Å². The first kappa shape index (κ1) is 18.9. The van der Waals surface area contributed by atoms with Crippen molar-refractivity contribution in [2.45, 2.75) is 31.0 Å². The largest absolute Gasteiger partial charge is 0.317 e. The summed E-state index contributed by atoms with van der Waals surface area (Å²) in [5, 5.41) is 0. The Morgan fingerprint density at radius 2 is 1.73 bits per heavy atom. The molecule has 0 spiro atoms. The number of aryl methyl sites for hydroxylation is 1. The van der Waals surface area contributed by atoms with Crippen molar-refractivity contribution in [2.24, 2.45) is 0 Å². The summed E-state index contributed by atoms with van der Waals surface area (Å²) in [5.41, 5.74) is 1.73. The number of nitrogens with zero attached hydrogens (tertiary/aromatic N) is 2. The van der Waals surface area contributed by atoms with E-state index in [-0.39, 0.29) is 29.3 Å². The molecule has 0 unspecified atom stereocenters. The number of halogens is 1. The molecule has 138 valence electrons. The van der Waals surface area contributed by atoms with Gasteiger partial charge in [-0.25, -0.2) is 8.42 Å². The Morgan fingerprint density at radius 3 is 2.31 bits per heavy atom. The van der Waals surface area contributed by atoms with Crippen LogP contribution in [0.4, 0.5) is 0 Å². The first-order chi connectivity index (χ1) is 12.4. The van der Waals surface area contributed by atoms with E-state index in [2.05, 4.69) is 0 Å². The van der Waals surface area contributed by atoms with Crippen LogP contribution < -0.4 is 0 Å². The molecule has 1 aliphatic rings. The van der Waals surface area contributed by atoms with Crippen molar-refractivity contribution in [3.05, 3.63) is 65.7 Å². The molecule has 2 aromatic rings. The first-order valence-corrected chi connectivity index (χ1v) is 10.3. The van der Waals surface area contributed by atoms with Crippen LogP contribution in [0.2, 0.25) is 0 Å². The van der Waals surface area contributed by atoms with E-state index >= 15 is 0 Å². The molecule has 7 heteroatoms. The van der Waals surface area contributed by atoms with E-state index in [1.807, 2.05) is 44.2 Å². The third kappa shape index (κ3) is 3.37. The minimum atomic E-state index is -3.76. The molecule has 0 saturated carbocycles. The van der Waals surface area contributed by atoms with Crippen molar-refractivity contribution in [3.8, 4) is 0 Å². The Labute approximate surface area is 159 Å². The number of rotatable bonds is 4. The molecule has 5 nitrogen and oxygen atoms in total. The maximum Gasteiger partial charge on any atom is 0.245 e. The summed E-state index contributed by atoms with van der Waals surface area (Å²) >= 11 is 5.79. The fraction of sp³-hybridized carbons (Fsp3) is 0.316. The lowest BCUT2D eigenvalue weighted by Crippen LogP contribution is -2.40. The van der Waals surface area contributed by atoms with Crippen molar-refractivity contribution < 1.29 is 13.2 Å². The number of benzene rings is 2. The lowest BCUT2D eigenvalue weighted by atomic mass is 10.1. The fourth-order valence-corrected chi connectivity index (χ4v) is 5.09. The molecule has 3 rings (SSSR count). The molecule has 2 aromatic carbocycles. The Bertz CT molecular complexity index is 885. The zero-order chi connectivity index (χ0) is 18.9. The van der Waals surface area contributed by atoms with Crippen LogP contribution in [0.25, 0.3) is 0 Å². The summed E-state index contributed by atoms with van der Waals surface area (Å²) < 4.78 is 28.0. The average molecular weight is 393 g/mol. The average Bonchev–Trinajstić information content (AvgIpc) is 3.00. The van der Waals surface area contributed by atoms with Crippen LogP contribution in [0.15, 0.2) is 59.5 Å². The van der Waals surface area contributed by atoms with Gasteiger partial charge in [0.15, 0.2) is 0 Å². The van der Waals surface area contributed by atoms with Gasteiger partial charge in [0.2, 0.25) is 15.9 Å². The van der Waals surface area contributed by atoms with Crippen LogP contribution in [-0.2, 0) is 14.8 Å². The monoisotopic (exact) mass is 392 g/mol. The van der Waals surface area contributed by atoms with E-state index in [1.165, 1.54) is 4.31 Å². The van der Waals surface area contributed by atoms with E-state index < -0.39 is 16.2 Å². The molecule has 0 bridgehead atoms. The third-order valence-corrected chi connectivity index (χ3v) is 6.65. The van der Waals surface area contributed by atoms with Crippen molar-refractivity contribution >= 4 is 27.5 Å². The second-order valence-electron chi connectivity index (χ2n) is 6.46. The zero-order valence-electron chi connectivity index (χ0n) is 14.7. The van der Waals surface area contributed by atoms with Crippen LogP contribution in [0.3, 0.4) is 0 Å². The molecule has 0 aliphatic carbocycles. The predicted octanol–water partition coefficient (Wildman–Crippen LogP) is 3.15. The summed E-state index contributed by atoms with van der Waals surface area (Å²) in [6.45, 7) is 3.96. The van der Waals surface area contributed by atoms with Crippen LogP contribution >= 0.6 is 11.6 Å². The molecule has 0 aromatic heterocycles. The molecule has 0 radical (unpaired) electrons. The summed E-state index contributed by atoms with van der Waals surface area (Å²) in [6, 6.07) is 15.6. The summed E-state index contributed by atoms with van der Waals surface area (Å²) in [6.07, 6.45) is -0.705. The van der Waals surface area contributed by atoms with Gasteiger partial charge >= 0.3 is 0 Å². The van der Waals surface area contributed by atoms with Gasteiger partial charge in [-0.05, 0) is 31.5 Å². The second-order valence-corrected chi connectivity index (χ2v) is 8.61. The van der Waals surface area contributed by atoms with Crippen LogP contribution in [0, 0.1) is 6.92 Å². The van der Waals surface area contributed by atoms with Crippen LogP contribution in [0.5, 0.6) is 0 Å². The van der Waals surface area contributed by atoms with Crippen LogP contribution in [-0.4, -0.2) is 42.0 Å². The number of carbonyl (C=O) groups is 1. The maximum atomic E-state index is 13.3. The summed E-state index contributed by atoms with van der Waals surface area (Å²) in [7, 11) is -3.76. The Balaban J connectivity index is 2.09. The molecule has 1 heterocycles. The van der Waals surface area contributed by atoms with Crippen LogP contribution in [0.1, 0.15) is 24.2 Å². The number of amides is 1. The highest BCUT2D eigenvalue weighted by Crippen LogP contribution is 2.38. The summed E-state index contributed by atoms with van der Waals surface area (Å²) in [4.78, 5) is 14.2. The number of carbonyl (C=O) groups excluding carboxylic acids is 1. The lowest BCUT2D eigenvalue weighted by molar-refractivity contribution is -0.131. The van der Waals surface area contributed by atoms with Gasteiger partial charge in [-0.2, -0.15) is 4.31 Å². The predicted molar refractivity (Wildman–Crippen MR) is 101 cm³/mol. The molecular formula is C19H21ClN2O3S. The second kappa shape index (κ2) is 7.39. The third-order valence-electron chi connectivity index (χ3n) is 4.58. The van der Waals surface area contributed by atoms with Crippen molar-refractivity contribution in [1.82, 2.24) is 9.21 Å². The van der Waals surface area contributed by atoms with Gasteiger partial charge in [0.1, 0.15) is 12.0 Å². The van der Waals surface area contributed by atoms with Gasteiger partial charge in [0.25, 0.3) is 0 Å². The summed E-state index contributed by atoms with van der Waals surface area (Å²) in [5.74, 6) is -0.471. The Kier molecular flexibility index (Phi) is 5.37. The molecule has 1 fully saturated rings. The Morgan fingerprint density at radius 1 is 1.12 bits per heavy atom. The molecular weight excluding hydrogens is 372 g/mol. The van der Waals surface area contributed by atoms with Crippen molar-refractivity contribution in [3.63, 3.8) is 0 Å². The molecule has 26 heavy (non-hydrogen) atoms. The van der Waals surface area contributed by atoms with E-state index in [0.717, 1.165) is 11.1 Å². The lowest BCUT2D eigenvalue weighted by Gasteiger charge is -2.31. The normalized spacial score (nSPS) is 21.1. The topological polar surface area (TPSA) is 57.7 Å². The standard InChI is InChI=1S/C19H21ClN2O3S/c1-14-8-10-17(11-9-14)26(24,25)21-13-15(2)22(18(23)12-20)19(21)16-6-4-3-5-7-16/h3-11,15,19H,12-13H2,1-2H3/t15-,19-/m1/s1. The molecule has 1 amide bonds. The SMILES string of the molecule is Cc1ccc(S(=O)(=O)N2C[C@@H](C)N(C(=O)CCl)[C@@H]2c2ccccc2)cc1. The smallest absolute Gasteiger partial charge is 0.245 e. The number of sulfonamides is 1. The number of hydrogen-bond donors (Lipinski definition) is 0.